The number of esters is 2. The van der Waals surface area contributed by atoms with E-state index in [-0.39, 0.29) is 17.7 Å². The van der Waals surface area contributed by atoms with E-state index in [1.54, 1.807) is 31.2 Å². The predicted molar refractivity (Wildman–Crippen MR) is 170 cm³/mol. The third-order valence-corrected chi connectivity index (χ3v) is 7.35. The zero-order valence-corrected chi connectivity index (χ0v) is 25.0. The van der Waals surface area contributed by atoms with Crippen LogP contribution in [0.3, 0.4) is 0 Å². The SMILES string of the molecule is C=CC(=O)OCCCCOc1ccc(C(=O)Sc2ccc3c(ccc4cc(OCCCOC(=O)C(=C)C)ccc43)c2)cc1. The van der Waals surface area contributed by atoms with E-state index in [0.717, 1.165) is 44.7 Å². The summed E-state index contributed by atoms with van der Waals surface area (Å²) < 4.78 is 21.6. The van der Waals surface area contributed by atoms with E-state index in [4.69, 9.17) is 18.9 Å². The van der Waals surface area contributed by atoms with Crippen molar-refractivity contribution in [3.05, 3.63) is 103 Å². The van der Waals surface area contributed by atoms with E-state index in [1.165, 1.54) is 11.8 Å². The monoisotopic (exact) mass is 598 g/mol. The second-order valence-electron chi connectivity index (χ2n) is 9.79. The van der Waals surface area contributed by atoms with E-state index < -0.39 is 5.97 Å². The molecule has 222 valence electrons. The molecule has 0 radical (unpaired) electrons. The molecule has 0 N–H and O–H groups in total. The van der Waals surface area contributed by atoms with Crippen molar-refractivity contribution in [3.63, 3.8) is 0 Å². The van der Waals surface area contributed by atoms with Crippen LogP contribution in [0.15, 0.2) is 102 Å². The van der Waals surface area contributed by atoms with Crippen LogP contribution in [0, 0.1) is 0 Å². The molecule has 43 heavy (non-hydrogen) atoms. The Kier molecular flexibility index (Phi) is 11.4. The van der Waals surface area contributed by atoms with Gasteiger partial charge in [-0.3, -0.25) is 4.79 Å². The molecule has 0 bridgehead atoms. The van der Waals surface area contributed by atoms with Crippen LogP contribution in [-0.4, -0.2) is 43.5 Å². The Hall–Kier alpha value is -4.56. The normalized spacial score (nSPS) is 10.7. The lowest BCUT2D eigenvalue weighted by Gasteiger charge is -2.10. The molecule has 0 amide bonds. The van der Waals surface area contributed by atoms with E-state index in [0.29, 0.717) is 49.5 Å². The molecule has 4 aromatic carbocycles. The largest absolute Gasteiger partial charge is 0.494 e. The number of ether oxygens (including phenoxy) is 4. The number of carbonyl (C=O) groups is 3. The second kappa shape index (κ2) is 15.6. The average molecular weight is 599 g/mol. The zero-order valence-electron chi connectivity index (χ0n) is 24.1. The van der Waals surface area contributed by atoms with Gasteiger partial charge in [-0.05, 0) is 102 Å². The fourth-order valence-corrected chi connectivity index (χ4v) is 4.99. The number of hydrogen-bond acceptors (Lipinski definition) is 8. The van der Waals surface area contributed by atoms with Crippen molar-refractivity contribution in [1.82, 2.24) is 0 Å². The van der Waals surface area contributed by atoms with Crippen LogP contribution in [0.5, 0.6) is 11.5 Å². The third kappa shape index (κ3) is 9.21. The quantitative estimate of drug-likeness (QED) is 0.0452. The van der Waals surface area contributed by atoms with Gasteiger partial charge >= 0.3 is 11.9 Å². The summed E-state index contributed by atoms with van der Waals surface area (Å²) in [6.45, 7) is 10.1. The molecule has 0 atom stereocenters. The number of hydrogen-bond donors (Lipinski definition) is 0. The van der Waals surface area contributed by atoms with Gasteiger partial charge in [0.1, 0.15) is 11.5 Å². The molecule has 0 heterocycles. The summed E-state index contributed by atoms with van der Waals surface area (Å²) in [5.74, 6) is 0.615. The van der Waals surface area contributed by atoms with Gasteiger partial charge in [0, 0.05) is 28.5 Å². The van der Waals surface area contributed by atoms with E-state index >= 15 is 0 Å². The van der Waals surface area contributed by atoms with Crippen molar-refractivity contribution in [2.45, 2.75) is 31.1 Å². The number of carbonyl (C=O) groups excluding carboxylic acids is 3. The van der Waals surface area contributed by atoms with Crippen molar-refractivity contribution in [1.29, 1.82) is 0 Å². The molecule has 7 nitrogen and oxygen atoms in total. The molecule has 0 aliphatic carbocycles. The van der Waals surface area contributed by atoms with Crippen LogP contribution >= 0.6 is 11.8 Å². The van der Waals surface area contributed by atoms with Gasteiger partial charge < -0.3 is 18.9 Å². The Morgan fingerprint density at radius 2 is 1.33 bits per heavy atom. The molecule has 0 spiro atoms. The molecule has 0 aromatic heterocycles. The molecule has 0 saturated carbocycles. The maximum Gasteiger partial charge on any atom is 0.333 e. The molecular formula is C35H34O7S. The van der Waals surface area contributed by atoms with Crippen molar-refractivity contribution < 1.29 is 33.3 Å². The average Bonchev–Trinajstić information content (AvgIpc) is 3.02. The Morgan fingerprint density at radius 1 is 0.721 bits per heavy atom. The molecule has 0 unspecified atom stereocenters. The van der Waals surface area contributed by atoms with Crippen molar-refractivity contribution >= 4 is 50.4 Å². The minimum atomic E-state index is -0.425. The number of thioether (sulfide) groups is 1. The molecule has 0 fully saturated rings. The molecule has 0 aliphatic rings. The summed E-state index contributed by atoms with van der Waals surface area (Å²) >= 11 is 1.19. The van der Waals surface area contributed by atoms with Crippen LogP contribution in [0.25, 0.3) is 21.5 Å². The summed E-state index contributed by atoms with van der Waals surface area (Å²) in [5.41, 5.74) is 0.973. The van der Waals surface area contributed by atoms with Gasteiger partial charge in [0.2, 0.25) is 5.12 Å². The standard InChI is InChI=1S/C35H34O7S/c1-4-33(36)41-19-6-5-18-39-28-12-10-25(11-13-28)35(38)43-30-15-17-32-27(23-30)9-8-26-22-29(14-16-31(26)32)40-20-7-21-42-34(37)24(2)3/h4,8-17,22-23H,1-2,5-7,18-21H2,3H3. The van der Waals surface area contributed by atoms with Crippen molar-refractivity contribution in [3.8, 4) is 11.5 Å². The lowest BCUT2D eigenvalue weighted by Crippen LogP contribution is -2.09. The lowest BCUT2D eigenvalue weighted by molar-refractivity contribution is -0.139. The first-order valence-electron chi connectivity index (χ1n) is 14.0. The van der Waals surface area contributed by atoms with Crippen LogP contribution in [0.4, 0.5) is 0 Å². The Morgan fingerprint density at radius 3 is 2.05 bits per heavy atom. The maximum absolute atomic E-state index is 12.9. The Bertz CT molecular complexity index is 1630. The fraction of sp³-hybridized carbons (Fsp3) is 0.229. The lowest BCUT2D eigenvalue weighted by atomic mass is 10.0. The number of benzene rings is 4. The Balaban J connectivity index is 1.29. The summed E-state index contributed by atoms with van der Waals surface area (Å²) in [4.78, 5) is 36.3. The number of rotatable bonds is 15. The van der Waals surface area contributed by atoms with Crippen LogP contribution in [0.1, 0.15) is 36.5 Å². The van der Waals surface area contributed by atoms with Gasteiger partial charge in [-0.2, -0.15) is 0 Å². The van der Waals surface area contributed by atoms with Gasteiger partial charge in [0.25, 0.3) is 0 Å². The predicted octanol–water partition coefficient (Wildman–Crippen LogP) is 7.70. The summed E-state index contributed by atoms with van der Waals surface area (Å²) in [5, 5.41) is 4.23. The molecule has 4 aromatic rings. The zero-order chi connectivity index (χ0) is 30.6. The van der Waals surface area contributed by atoms with E-state index in [1.807, 2.05) is 48.5 Å². The molecular weight excluding hydrogens is 564 g/mol. The maximum atomic E-state index is 12.9. The van der Waals surface area contributed by atoms with Gasteiger partial charge in [0.05, 0.1) is 26.4 Å². The van der Waals surface area contributed by atoms with Crippen LogP contribution in [0.2, 0.25) is 0 Å². The minimum absolute atomic E-state index is 0.0492. The topological polar surface area (TPSA) is 88.1 Å². The van der Waals surface area contributed by atoms with E-state index in [2.05, 4.69) is 13.2 Å². The van der Waals surface area contributed by atoms with Gasteiger partial charge in [-0.25, -0.2) is 9.59 Å². The highest BCUT2D eigenvalue weighted by Gasteiger charge is 2.11. The highest BCUT2D eigenvalue weighted by molar-refractivity contribution is 8.14. The highest BCUT2D eigenvalue weighted by atomic mass is 32.2. The first-order valence-corrected chi connectivity index (χ1v) is 14.8. The fourth-order valence-electron chi connectivity index (χ4n) is 4.20. The number of fused-ring (bicyclic) bond motifs is 3. The van der Waals surface area contributed by atoms with E-state index in [9.17, 15) is 14.4 Å². The van der Waals surface area contributed by atoms with Crippen molar-refractivity contribution in [2.75, 3.05) is 26.4 Å². The van der Waals surface area contributed by atoms with Gasteiger partial charge in [0.15, 0.2) is 0 Å². The second-order valence-corrected chi connectivity index (χ2v) is 10.8. The Labute approximate surface area is 255 Å². The molecule has 4 rings (SSSR count). The highest BCUT2D eigenvalue weighted by Crippen LogP contribution is 2.32. The summed E-state index contributed by atoms with van der Waals surface area (Å²) in [6.07, 6.45) is 3.17. The molecule has 8 heteroatoms. The minimum Gasteiger partial charge on any atom is -0.494 e. The van der Waals surface area contributed by atoms with Crippen LogP contribution in [-0.2, 0) is 19.1 Å². The smallest absolute Gasteiger partial charge is 0.333 e. The molecule has 0 aliphatic heterocycles. The number of unbranched alkanes of at least 4 members (excludes halogenated alkanes) is 1. The van der Waals surface area contributed by atoms with Gasteiger partial charge in [-0.1, -0.05) is 37.4 Å². The first kappa shape index (κ1) is 31.4. The third-order valence-electron chi connectivity index (χ3n) is 6.44. The first-order chi connectivity index (χ1) is 20.8. The summed E-state index contributed by atoms with van der Waals surface area (Å²) in [6, 6.07) is 23.2. The summed E-state index contributed by atoms with van der Waals surface area (Å²) in [7, 11) is 0. The van der Waals surface area contributed by atoms with Crippen molar-refractivity contribution in [2.24, 2.45) is 0 Å². The van der Waals surface area contributed by atoms with Gasteiger partial charge in [-0.15, -0.1) is 0 Å². The molecule has 0 saturated heterocycles. The van der Waals surface area contributed by atoms with Crippen LogP contribution < -0.4 is 9.47 Å².